The van der Waals surface area contributed by atoms with Crippen molar-refractivity contribution in [3.05, 3.63) is 23.8 Å². The monoisotopic (exact) mass is 500 g/mol. The molecule has 0 radical (unpaired) electrons. The van der Waals surface area contributed by atoms with Gasteiger partial charge in [-0.05, 0) is 62.4 Å². The SMILES string of the molecule is CCC(=O)O[C@]1(C(=O)SCF)[C@H](CF)C[C@H]2[C@@H]3CCC4=CC(=O)C=C[C@]4(C)[C@@]3(F)[C@@H](O)C[C@@]21C. The molecular weight excluding hydrogens is 469 g/mol. The van der Waals surface area contributed by atoms with Gasteiger partial charge in [0.1, 0.15) is 6.01 Å². The standard InChI is InChI=1S/C25H31F3O5S/c1-4-20(31)33-25(21(32)34-13-27)15(12-26)10-18-17-6-5-14-9-16(29)7-8-22(14,2)24(17,28)19(30)11-23(18,25)3/h7-9,15,17-19,30H,4-6,10-13H2,1-3H3/t15-,17-,18-,19-,22-,23-,24-,25-/m0/s1. The average molecular weight is 501 g/mol. The molecule has 34 heavy (non-hydrogen) atoms. The van der Waals surface area contributed by atoms with Crippen molar-refractivity contribution in [1.29, 1.82) is 0 Å². The molecule has 0 heterocycles. The van der Waals surface area contributed by atoms with Crippen LogP contribution in [0.1, 0.15) is 52.9 Å². The first-order valence-electron chi connectivity index (χ1n) is 11.8. The van der Waals surface area contributed by atoms with Gasteiger partial charge >= 0.3 is 5.97 Å². The molecule has 4 aliphatic carbocycles. The maximum absolute atomic E-state index is 17.2. The van der Waals surface area contributed by atoms with E-state index in [1.54, 1.807) is 13.8 Å². The molecule has 3 fully saturated rings. The third kappa shape index (κ3) is 3.08. The van der Waals surface area contributed by atoms with Gasteiger partial charge in [-0.1, -0.05) is 25.5 Å². The molecule has 4 rings (SSSR count). The second-order valence-electron chi connectivity index (χ2n) is 10.5. The lowest BCUT2D eigenvalue weighted by Gasteiger charge is -2.62. The Labute approximate surface area is 201 Å². The minimum absolute atomic E-state index is 0.0703. The molecule has 0 spiro atoms. The van der Waals surface area contributed by atoms with Gasteiger partial charge < -0.3 is 9.84 Å². The Kier molecular flexibility index (Phi) is 6.37. The number of aliphatic hydroxyl groups excluding tert-OH is 1. The fourth-order valence-corrected chi connectivity index (χ4v) is 8.34. The maximum atomic E-state index is 17.2. The minimum Gasteiger partial charge on any atom is -0.449 e. The van der Waals surface area contributed by atoms with E-state index < -0.39 is 69.7 Å². The van der Waals surface area contributed by atoms with Crippen LogP contribution in [-0.2, 0) is 19.1 Å². The third-order valence-electron chi connectivity index (χ3n) is 9.23. The molecule has 3 saturated carbocycles. The number of rotatable bonds is 5. The Hall–Kier alpha value is -1.61. The highest BCUT2D eigenvalue weighted by Gasteiger charge is 2.78. The second kappa shape index (κ2) is 8.50. The van der Waals surface area contributed by atoms with Gasteiger partial charge in [0.15, 0.2) is 17.1 Å². The molecule has 0 aromatic heterocycles. The number of hydrogen-bond donors (Lipinski definition) is 1. The average Bonchev–Trinajstić information content (AvgIpc) is 3.04. The van der Waals surface area contributed by atoms with Gasteiger partial charge in [0.2, 0.25) is 5.12 Å². The van der Waals surface area contributed by atoms with Gasteiger partial charge in [-0.3, -0.25) is 18.8 Å². The van der Waals surface area contributed by atoms with Crippen LogP contribution in [0.25, 0.3) is 0 Å². The zero-order chi connectivity index (χ0) is 25.1. The zero-order valence-electron chi connectivity index (χ0n) is 19.6. The van der Waals surface area contributed by atoms with Crippen molar-refractivity contribution >= 4 is 28.6 Å². The summed E-state index contributed by atoms with van der Waals surface area (Å²) in [6, 6.07) is -1.08. The van der Waals surface area contributed by atoms with Crippen molar-refractivity contribution in [1.82, 2.24) is 0 Å². The zero-order valence-corrected chi connectivity index (χ0v) is 20.4. The Morgan fingerprint density at radius 1 is 1.26 bits per heavy atom. The number of carbonyl (C=O) groups excluding carboxylic acids is 3. The van der Waals surface area contributed by atoms with Crippen molar-refractivity contribution in [2.45, 2.75) is 70.2 Å². The summed E-state index contributed by atoms with van der Waals surface area (Å²) >= 11 is 0.318. The Bertz CT molecular complexity index is 968. The molecule has 0 unspecified atom stereocenters. The molecule has 0 aromatic carbocycles. The number of ketones is 1. The summed E-state index contributed by atoms with van der Waals surface area (Å²) in [6.45, 7) is 3.84. The molecular formula is C25H31F3O5S. The molecule has 5 nitrogen and oxygen atoms in total. The van der Waals surface area contributed by atoms with Crippen molar-refractivity contribution in [2.24, 2.45) is 28.6 Å². The molecule has 0 bridgehead atoms. The Balaban J connectivity index is 1.87. The lowest BCUT2D eigenvalue weighted by Crippen LogP contribution is -2.69. The Morgan fingerprint density at radius 2 is 1.97 bits per heavy atom. The van der Waals surface area contributed by atoms with Crippen molar-refractivity contribution in [3.8, 4) is 0 Å². The fraction of sp³-hybridized carbons (Fsp3) is 0.720. The quantitative estimate of drug-likeness (QED) is 0.563. The number of aliphatic hydroxyl groups is 1. The van der Waals surface area contributed by atoms with Crippen LogP contribution < -0.4 is 0 Å². The Morgan fingerprint density at radius 3 is 2.59 bits per heavy atom. The van der Waals surface area contributed by atoms with Gasteiger partial charge in [0.05, 0.1) is 12.8 Å². The van der Waals surface area contributed by atoms with E-state index in [0.717, 1.165) is 0 Å². The highest BCUT2D eigenvalue weighted by atomic mass is 32.2. The van der Waals surface area contributed by atoms with Crippen molar-refractivity contribution in [2.75, 3.05) is 12.7 Å². The lowest BCUT2D eigenvalue weighted by molar-refractivity contribution is -0.225. The van der Waals surface area contributed by atoms with E-state index in [1.807, 2.05) is 0 Å². The van der Waals surface area contributed by atoms with E-state index in [0.29, 0.717) is 23.8 Å². The first-order valence-corrected chi connectivity index (χ1v) is 12.8. The second-order valence-corrected chi connectivity index (χ2v) is 11.3. The molecule has 188 valence electrons. The van der Waals surface area contributed by atoms with Gasteiger partial charge in [0.25, 0.3) is 0 Å². The van der Waals surface area contributed by atoms with E-state index in [1.165, 1.54) is 25.2 Å². The normalized spacial score (nSPS) is 45.1. The molecule has 0 aliphatic heterocycles. The number of ether oxygens (including phenoxy) is 1. The first-order chi connectivity index (χ1) is 16.0. The summed E-state index contributed by atoms with van der Waals surface area (Å²) < 4.78 is 50.7. The van der Waals surface area contributed by atoms with E-state index in [9.17, 15) is 28.3 Å². The largest absolute Gasteiger partial charge is 0.449 e. The number of hydrogen-bond acceptors (Lipinski definition) is 6. The van der Waals surface area contributed by atoms with Crippen LogP contribution in [-0.4, -0.2) is 52.0 Å². The molecule has 0 saturated heterocycles. The lowest BCUT2D eigenvalue weighted by atomic mass is 9.45. The van der Waals surface area contributed by atoms with Crippen molar-refractivity contribution < 1.29 is 37.4 Å². The van der Waals surface area contributed by atoms with Crippen LogP contribution in [0.4, 0.5) is 13.2 Å². The van der Waals surface area contributed by atoms with Crippen molar-refractivity contribution in [3.63, 3.8) is 0 Å². The number of fused-ring (bicyclic) bond motifs is 5. The van der Waals surface area contributed by atoms with Crippen LogP contribution in [0, 0.1) is 28.6 Å². The number of alkyl halides is 3. The number of thioether (sulfide) groups is 1. The molecule has 8 atom stereocenters. The summed E-state index contributed by atoms with van der Waals surface area (Å²) in [5.41, 5.74) is -6.10. The number of halogens is 3. The summed E-state index contributed by atoms with van der Waals surface area (Å²) in [5.74, 6) is -3.41. The maximum Gasteiger partial charge on any atom is 0.306 e. The molecule has 1 N–H and O–H groups in total. The van der Waals surface area contributed by atoms with E-state index in [-0.39, 0.29) is 31.5 Å². The summed E-state index contributed by atoms with van der Waals surface area (Å²) in [4.78, 5) is 37.8. The van der Waals surface area contributed by atoms with Crippen LogP contribution in [0.2, 0.25) is 0 Å². The summed E-state index contributed by atoms with van der Waals surface area (Å²) in [5, 5.41) is 10.6. The van der Waals surface area contributed by atoms with Gasteiger partial charge in [-0.15, -0.1) is 0 Å². The molecule has 4 aliphatic rings. The van der Waals surface area contributed by atoms with E-state index in [4.69, 9.17) is 4.74 Å². The molecule has 0 amide bonds. The summed E-state index contributed by atoms with van der Waals surface area (Å²) in [7, 11) is 0. The van der Waals surface area contributed by atoms with Crippen LogP contribution >= 0.6 is 11.8 Å². The number of carbonyl (C=O) groups is 3. The third-order valence-corrected chi connectivity index (χ3v) is 9.91. The van der Waals surface area contributed by atoms with E-state index in [2.05, 4.69) is 0 Å². The van der Waals surface area contributed by atoms with E-state index >= 15 is 4.39 Å². The summed E-state index contributed by atoms with van der Waals surface area (Å²) in [6.07, 6.45) is 3.11. The minimum atomic E-state index is -2.17. The molecule has 9 heteroatoms. The van der Waals surface area contributed by atoms with Crippen LogP contribution in [0.3, 0.4) is 0 Å². The first kappa shape index (κ1) is 25.5. The number of esters is 1. The van der Waals surface area contributed by atoms with Crippen LogP contribution in [0.15, 0.2) is 23.8 Å². The smallest absolute Gasteiger partial charge is 0.306 e. The van der Waals surface area contributed by atoms with Gasteiger partial charge in [-0.25, -0.2) is 8.78 Å². The predicted octanol–water partition coefficient (Wildman–Crippen LogP) is 4.43. The van der Waals surface area contributed by atoms with Crippen LogP contribution in [0.5, 0.6) is 0 Å². The number of allylic oxidation sites excluding steroid dienone is 4. The topological polar surface area (TPSA) is 80.7 Å². The highest BCUT2D eigenvalue weighted by molar-refractivity contribution is 8.13. The fourth-order valence-electron chi connectivity index (χ4n) is 7.58. The molecule has 0 aromatic rings. The predicted molar refractivity (Wildman–Crippen MR) is 121 cm³/mol. The van der Waals surface area contributed by atoms with Gasteiger partial charge in [0, 0.05) is 29.1 Å². The highest BCUT2D eigenvalue weighted by Crippen LogP contribution is 2.71. The van der Waals surface area contributed by atoms with Gasteiger partial charge in [-0.2, -0.15) is 0 Å².